The molecule has 0 aliphatic carbocycles. The first-order valence-corrected chi connectivity index (χ1v) is 7.63. The smallest absolute Gasteiger partial charge is 0.272 e. The lowest BCUT2D eigenvalue weighted by molar-refractivity contribution is 0.0323. The number of hydrogen-bond donors (Lipinski definition) is 2. The Morgan fingerprint density at radius 3 is 3.11 bits per heavy atom. The lowest BCUT2D eigenvalue weighted by Crippen LogP contribution is -2.63. The number of carbonyl (C=O) groups is 1. The predicted molar refractivity (Wildman–Crippen MR) is 76.6 cm³/mol. The van der Waals surface area contributed by atoms with Crippen molar-refractivity contribution in [3.63, 3.8) is 0 Å². The maximum Gasteiger partial charge on any atom is 0.272 e. The van der Waals surface area contributed by atoms with Gasteiger partial charge >= 0.3 is 0 Å². The van der Waals surface area contributed by atoms with E-state index in [9.17, 15) is 4.79 Å². The number of halogens is 2. The van der Waals surface area contributed by atoms with Crippen LogP contribution in [-0.4, -0.2) is 33.5 Å². The third-order valence-electron chi connectivity index (χ3n) is 4.09. The van der Waals surface area contributed by atoms with Gasteiger partial charge in [-0.05, 0) is 50.8 Å². The van der Waals surface area contributed by atoms with Crippen LogP contribution in [0.4, 0.5) is 0 Å². The first kappa shape index (κ1) is 11.8. The maximum absolute atomic E-state index is 12.6. The lowest BCUT2D eigenvalue weighted by Gasteiger charge is -2.43. The topological polar surface area (TPSA) is 75.6 Å². The highest BCUT2D eigenvalue weighted by molar-refractivity contribution is 9.13. The summed E-state index contributed by atoms with van der Waals surface area (Å²) in [6, 6.07) is 1.83. The number of carbonyl (C=O) groups excluding carboxylic acids is 1. The molecular weight excluding hydrogens is 378 g/mol. The van der Waals surface area contributed by atoms with Crippen LogP contribution < -0.4 is 11.1 Å². The van der Waals surface area contributed by atoms with E-state index in [1.165, 1.54) is 0 Å². The van der Waals surface area contributed by atoms with E-state index in [4.69, 9.17) is 5.73 Å². The summed E-state index contributed by atoms with van der Waals surface area (Å²) in [6.07, 6.45) is 1.61. The molecule has 0 bridgehead atoms. The SMILES string of the molecule is NC1=N[C@@H]2n3c(cc(Br)c3Br)C(=O)N3CCC[C@@]23N1. The van der Waals surface area contributed by atoms with E-state index in [1.54, 1.807) is 0 Å². The maximum atomic E-state index is 12.6. The molecule has 0 radical (unpaired) electrons. The van der Waals surface area contributed by atoms with Crippen LogP contribution in [0.25, 0.3) is 0 Å². The van der Waals surface area contributed by atoms with Crippen molar-refractivity contribution < 1.29 is 4.79 Å². The van der Waals surface area contributed by atoms with Gasteiger partial charge in [-0.25, -0.2) is 4.99 Å². The zero-order valence-electron chi connectivity index (χ0n) is 9.86. The number of aromatic nitrogens is 1. The Balaban J connectivity index is 2.01. The van der Waals surface area contributed by atoms with Crippen LogP contribution in [0.3, 0.4) is 0 Å². The van der Waals surface area contributed by atoms with E-state index in [2.05, 4.69) is 42.2 Å². The van der Waals surface area contributed by atoms with E-state index < -0.39 is 5.66 Å². The Morgan fingerprint density at radius 1 is 1.53 bits per heavy atom. The van der Waals surface area contributed by atoms with Crippen molar-refractivity contribution in [2.75, 3.05) is 6.54 Å². The first-order valence-electron chi connectivity index (χ1n) is 6.04. The molecule has 3 aliphatic heterocycles. The van der Waals surface area contributed by atoms with Gasteiger partial charge in [0, 0.05) is 6.54 Å². The highest BCUT2D eigenvalue weighted by Crippen LogP contribution is 2.47. The second-order valence-electron chi connectivity index (χ2n) is 5.04. The monoisotopic (exact) mass is 387 g/mol. The number of nitrogens with one attached hydrogen (secondary N) is 1. The molecule has 6 nitrogen and oxygen atoms in total. The first-order chi connectivity index (χ1) is 9.04. The van der Waals surface area contributed by atoms with Crippen molar-refractivity contribution in [2.24, 2.45) is 10.7 Å². The summed E-state index contributed by atoms with van der Waals surface area (Å²) in [5, 5.41) is 3.21. The number of hydrogen-bond acceptors (Lipinski definition) is 4. The minimum Gasteiger partial charge on any atom is -0.370 e. The molecule has 1 aromatic heterocycles. The van der Waals surface area contributed by atoms with Crippen LogP contribution in [0.2, 0.25) is 0 Å². The molecule has 1 amide bonds. The fourth-order valence-electron chi connectivity index (χ4n) is 3.36. The second-order valence-corrected chi connectivity index (χ2v) is 6.64. The van der Waals surface area contributed by atoms with Crippen LogP contribution in [0, 0.1) is 0 Å². The van der Waals surface area contributed by atoms with Crippen molar-refractivity contribution in [2.45, 2.75) is 24.7 Å². The molecule has 3 N–H and O–H groups in total. The Kier molecular flexibility index (Phi) is 2.20. The van der Waals surface area contributed by atoms with Crippen LogP contribution in [-0.2, 0) is 0 Å². The molecule has 4 rings (SSSR count). The van der Waals surface area contributed by atoms with Crippen LogP contribution in [0.15, 0.2) is 20.1 Å². The molecule has 19 heavy (non-hydrogen) atoms. The Morgan fingerprint density at radius 2 is 2.32 bits per heavy atom. The van der Waals surface area contributed by atoms with Crippen molar-refractivity contribution in [3.05, 3.63) is 20.8 Å². The number of aliphatic imine (C=N–C) groups is 1. The minimum absolute atomic E-state index is 0.0255. The van der Waals surface area contributed by atoms with Crippen LogP contribution in [0.5, 0.6) is 0 Å². The van der Waals surface area contributed by atoms with E-state index in [-0.39, 0.29) is 12.1 Å². The average molecular weight is 389 g/mol. The highest BCUT2D eigenvalue weighted by Gasteiger charge is 2.58. The second kappa shape index (κ2) is 3.54. The fourth-order valence-corrected chi connectivity index (χ4v) is 4.27. The van der Waals surface area contributed by atoms with E-state index in [0.29, 0.717) is 11.7 Å². The Hall–Kier alpha value is -1.02. The van der Waals surface area contributed by atoms with Gasteiger partial charge in [0.05, 0.1) is 4.47 Å². The van der Waals surface area contributed by atoms with Crippen molar-refractivity contribution in [3.8, 4) is 0 Å². The summed E-state index contributed by atoms with van der Waals surface area (Å²) in [7, 11) is 0. The predicted octanol–water partition coefficient (Wildman–Crippen LogP) is 1.38. The average Bonchev–Trinajstić information content (AvgIpc) is 2.99. The third kappa shape index (κ3) is 1.26. The number of fused-ring (bicyclic) bond motifs is 2. The van der Waals surface area contributed by atoms with Gasteiger partial charge in [0.15, 0.2) is 17.8 Å². The van der Waals surface area contributed by atoms with E-state index in [0.717, 1.165) is 28.5 Å². The summed E-state index contributed by atoms with van der Waals surface area (Å²) in [5.41, 5.74) is 6.01. The molecular formula is C11H11Br2N5O. The van der Waals surface area contributed by atoms with Gasteiger partial charge in [-0.2, -0.15) is 0 Å². The largest absolute Gasteiger partial charge is 0.370 e. The summed E-state index contributed by atoms with van der Waals surface area (Å²) in [5.74, 6) is 0.423. The van der Waals surface area contributed by atoms with Crippen LogP contribution in [0.1, 0.15) is 29.5 Å². The van der Waals surface area contributed by atoms with Crippen molar-refractivity contribution >= 4 is 43.7 Å². The summed E-state index contributed by atoms with van der Waals surface area (Å²) in [4.78, 5) is 19.0. The van der Waals surface area contributed by atoms with Gasteiger partial charge < -0.3 is 20.5 Å². The molecule has 0 aromatic carbocycles. The Labute approximate surface area is 126 Å². The highest BCUT2D eigenvalue weighted by atomic mass is 79.9. The minimum atomic E-state index is -0.491. The van der Waals surface area contributed by atoms with Gasteiger partial charge in [0.25, 0.3) is 5.91 Å². The molecule has 2 atom stereocenters. The van der Waals surface area contributed by atoms with E-state index >= 15 is 0 Å². The normalized spacial score (nSPS) is 31.7. The fraction of sp³-hybridized carbons (Fsp3) is 0.455. The van der Waals surface area contributed by atoms with Gasteiger partial charge in [0.2, 0.25) is 0 Å². The zero-order chi connectivity index (χ0) is 13.4. The Bertz CT molecular complexity index is 639. The lowest BCUT2D eigenvalue weighted by atomic mass is 10.0. The summed E-state index contributed by atoms with van der Waals surface area (Å²) >= 11 is 6.98. The number of rotatable bonds is 0. The quantitative estimate of drug-likeness (QED) is 0.704. The third-order valence-corrected chi connectivity index (χ3v) is 6.04. The van der Waals surface area contributed by atoms with Crippen LogP contribution >= 0.6 is 31.9 Å². The van der Waals surface area contributed by atoms with Gasteiger partial charge in [-0.3, -0.25) is 4.79 Å². The molecule has 3 aliphatic rings. The molecule has 100 valence electrons. The molecule has 1 saturated heterocycles. The standard InChI is InChI=1S/C11H11Br2N5O/c12-5-4-6-8(19)17-3-1-2-11(17)9(15-10(14)16-11)18(6)7(5)13/h4,9H,1-3H2,(H3,14,15,16)/t9-,11+/m1/s1. The number of nitrogens with two attached hydrogens (primary N) is 1. The zero-order valence-corrected chi connectivity index (χ0v) is 13.0. The molecule has 0 saturated carbocycles. The summed E-state index contributed by atoms with van der Waals surface area (Å²) < 4.78 is 3.60. The number of amides is 1. The van der Waals surface area contributed by atoms with Gasteiger partial charge in [-0.1, -0.05) is 0 Å². The van der Waals surface area contributed by atoms with E-state index in [1.807, 2.05) is 15.5 Å². The molecule has 8 heteroatoms. The number of guanidine groups is 1. The van der Waals surface area contributed by atoms with Gasteiger partial charge in [-0.15, -0.1) is 0 Å². The van der Waals surface area contributed by atoms with Gasteiger partial charge in [0.1, 0.15) is 10.3 Å². The molecule has 1 aromatic rings. The van der Waals surface area contributed by atoms with Crippen molar-refractivity contribution in [1.82, 2.24) is 14.8 Å². The molecule has 1 fully saturated rings. The molecule has 1 spiro atoms. The summed E-state index contributed by atoms with van der Waals surface area (Å²) in [6.45, 7) is 0.742. The number of nitrogens with zero attached hydrogens (tertiary/aromatic N) is 3. The van der Waals surface area contributed by atoms with Crippen molar-refractivity contribution in [1.29, 1.82) is 0 Å². The molecule has 4 heterocycles. The molecule has 0 unspecified atom stereocenters.